The summed E-state index contributed by atoms with van der Waals surface area (Å²) in [5.41, 5.74) is 7.37. The van der Waals surface area contributed by atoms with Crippen LogP contribution in [0.1, 0.15) is 6.92 Å². The SMILES string of the molecule is CCOc1nc(N)nc(-c2cnc3ccccc3c2)n1. The highest BCUT2D eigenvalue weighted by atomic mass is 16.5. The fourth-order valence-corrected chi connectivity index (χ4v) is 1.89. The molecule has 0 bridgehead atoms. The summed E-state index contributed by atoms with van der Waals surface area (Å²) in [7, 11) is 0. The molecule has 0 amide bonds. The first-order chi connectivity index (χ1) is 9.76. The smallest absolute Gasteiger partial charge is 0.321 e. The molecule has 0 fully saturated rings. The molecule has 0 aliphatic rings. The minimum atomic E-state index is 0.131. The summed E-state index contributed by atoms with van der Waals surface area (Å²) >= 11 is 0. The van der Waals surface area contributed by atoms with Gasteiger partial charge in [0.25, 0.3) is 0 Å². The van der Waals surface area contributed by atoms with Crippen molar-refractivity contribution in [3.05, 3.63) is 36.5 Å². The predicted molar refractivity (Wildman–Crippen MR) is 76.1 cm³/mol. The van der Waals surface area contributed by atoms with E-state index in [1.165, 1.54) is 0 Å². The van der Waals surface area contributed by atoms with Gasteiger partial charge in [-0.05, 0) is 19.1 Å². The molecule has 0 radical (unpaired) electrons. The van der Waals surface area contributed by atoms with Crippen molar-refractivity contribution < 1.29 is 4.74 Å². The molecule has 0 unspecified atom stereocenters. The molecule has 0 aliphatic carbocycles. The van der Waals surface area contributed by atoms with Crippen LogP contribution in [0.4, 0.5) is 5.95 Å². The minimum absolute atomic E-state index is 0.131. The lowest BCUT2D eigenvalue weighted by molar-refractivity contribution is 0.312. The van der Waals surface area contributed by atoms with Crippen molar-refractivity contribution in [3.63, 3.8) is 0 Å². The largest absolute Gasteiger partial charge is 0.464 e. The Kier molecular flexibility index (Phi) is 3.12. The molecular formula is C14H13N5O. The van der Waals surface area contributed by atoms with Gasteiger partial charge in [-0.15, -0.1) is 0 Å². The lowest BCUT2D eigenvalue weighted by Gasteiger charge is -2.05. The summed E-state index contributed by atoms with van der Waals surface area (Å²) in [5.74, 6) is 0.589. The van der Waals surface area contributed by atoms with Crippen molar-refractivity contribution in [3.8, 4) is 17.4 Å². The molecule has 1 aromatic carbocycles. The third kappa shape index (κ3) is 2.35. The van der Waals surface area contributed by atoms with Gasteiger partial charge in [-0.25, -0.2) is 0 Å². The van der Waals surface area contributed by atoms with Gasteiger partial charge in [0.15, 0.2) is 5.82 Å². The Morgan fingerprint density at radius 3 is 2.85 bits per heavy atom. The molecule has 2 aromatic heterocycles. The lowest BCUT2D eigenvalue weighted by atomic mass is 10.1. The van der Waals surface area contributed by atoms with Crippen LogP contribution in [0.5, 0.6) is 6.01 Å². The van der Waals surface area contributed by atoms with Crippen LogP contribution < -0.4 is 10.5 Å². The Labute approximate surface area is 115 Å². The van der Waals surface area contributed by atoms with Gasteiger partial charge >= 0.3 is 6.01 Å². The molecule has 3 aromatic rings. The number of anilines is 1. The van der Waals surface area contributed by atoms with Crippen molar-refractivity contribution in [1.29, 1.82) is 0 Å². The van der Waals surface area contributed by atoms with Gasteiger partial charge in [0.1, 0.15) is 0 Å². The fourth-order valence-electron chi connectivity index (χ4n) is 1.89. The molecule has 20 heavy (non-hydrogen) atoms. The Balaban J connectivity index is 2.10. The van der Waals surface area contributed by atoms with E-state index in [4.69, 9.17) is 10.5 Å². The van der Waals surface area contributed by atoms with Gasteiger partial charge in [0.05, 0.1) is 12.1 Å². The monoisotopic (exact) mass is 267 g/mol. The molecule has 100 valence electrons. The van der Waals surface area contributed by atoms with Crippen molar-refractivity contribution in [1.82, 2.24) is 19.9 Å². The predicted octanol–water partition coefficient (Wildman–Crippen LogP) is 2.07. The normalized spacial score (nSPS) is 10.7. The number of nitrogens with zero attached hydrogens (tertiary/aromatic N) is 4. The summed E-state index contributed by atoms with van der Waals surface area (Å²) in [6.45, 7) is 2.33. The number of fused-ring (bicyclic) bond motifs is 1. The number of nitrogen functional groups attached to an aromatic ring is 1. The van der Waals surface area contributed by atoms with Crippen LogP contribution in [-0.2, 0) is 0 Å². The molecule has 2 N–H and O–H groups in total. The molecule has 0 aliphatic heterocycles. The average Bonchev–Trinajstić information content (AvgIpc) is 2.46. The van der Waals surface area contributed by atoms with Crippen molar-refractivity contribution >= 4 is 16.9 Å². The van der Waals surface area contributed by atoms with Crippen molar-refractivity contribution in [2.45, 2.75) is 6.92 Å². The van der Waals surface area contributed by atoms with Gasteiger partial charge < -0.3 is 10.5 Å². The van der Waals surface area contributed by atoms with Gasteiger partial charge in [-0.1, -0.05) is 18.2 Å². The molecule has 0 saturated carbocycles. The average molecular weight is 267 g/mol. The van der Waals surface area contributed by atoms with E-state index in [-0.39, 0.29) is 12.0 Å². The molecule has 0 saturated heterocycles. The van der Waals surface area contributed by atoms with Gasteiger partial charge in [-0.2, -0.15) is 15.0 Å². The Bertz CT molecular complexity index is 759. The highest BCUT2D eigenvalue weighted by molar-refractivity contribution is 5.82. The number of ether oxygens (including phenoxy) is 1. The van der Waals surface area contributed by atoms with E-state index in [1.807, 2.05) is 37.3 Å². The van der Waals surface area contributed by atoms with E-state index < -0.39 is 0 Å². The molecular weight excluding hydrogens is 254 g/mol. The molecule has 0 atom stereocenters. The summed E-state index contributed by atoms with van der Waals surface area (Å²) in [6, 6.07) is 10.0. The Hall–Kier alpha value is -2.76. The first-order valence-corrected chi connectivity index (χ1v) is 6.26. The molecule has 0 spiro atoms. The highest BCUT2D eigenvalue weighted by Crippen LogP contribution is 2.21. The number of hydrogen-bond acceptors (Lipinski definition) is 6. The Morgan fingerprint density at radius 2 is 2.00 bits per heavy atom. The second-order valence-electron chi connectivity index (χ2n) is 4.15. The summed E-state index contributed by atoms with van der Waals surface area (Å²) in [5, 5.41) is 1.02. The molecule has 3 rings (SSSR count). The first-order valence-electron chi connectivity index (χ1n) is 6.26. The van der Waals surface area contributed by atoms with Crippen LogP contribution >= 0.6 is 0 Å². The van der Waals surface area contributed by atoms with Crippen molar-refractivity contribution in [2.24, 2.45) is 0 Å². The van der Waals surface area contributed by atoms with Crippen LogP contribution in [0.15, 0.2) is 36.5 Å². The number of nitrogens with two attached hydrogens (primary N) is 1. The van der Waals surface area contributed by atoms with E-state index in [1.54, 1.807) is 6.20 Å². The van der Waals surface area contributed by atoms with Crippen LogP contribution in [0.25, 0.3) is 22.3 Å². The first kappa shape index (κ1) is 12.3. The second-order valence-corrected chi connectivity index (χ2v) is 4.15. The van der Waals surface area contributed by atoms with Crippen LogP contribution in [-0.4, -0.2) is 26.5 Å². The van der Waals surface area contributed by atoms with E-state index in [0.29, 0.717) is 12.4 Å². The maximum Gasteiger partial charge on any atom is 0.321 e. The Morgan fingerprint density at radius 1 is 1.15 bits per heavy atom. The van der Waals surface area contributed by atoms with Gasteiger partial charge in [-0.3, -0.25) is 4.98 Å². The summed E-state index contributed by atoms with van der Waals surface area (Å²) in [4.78, 5) is 16.7. The number of pyridine rings is 1. The standard InChI is InChI=1S/C14H13N5O/c1-2-20-14-18-12(17-13(15)19-14)10-7-9-5-3-4-6-11(9)16-8-10/h3-8H,2H2,1H3,(H2,15,17,18,19). The summed E-state index contributed by atoms with van der Waals surface area (Å²) in [6.07, 6.45) is 1.72. The van der Waals surface area contributed by atoms with Crippen LogP contribution in [0, 0.1) is 0 Å². The minimum Gasteiger partial charge on any atom is -0.464 e. The lowest BCUT2D eigenvalue weighted by Crippen LogP contribution is -2.04. The van der Waals surface area contributed by atoms with Gasteiger partial charge in [0.2, 0.25) is 5.95 Å². The van der Waals surface area contributed by atoms with Crippen LogP contribution in [0.2, 0.25) is 0 Å². The van der Waals surface area contributed by atoms with E-state index in [0.717, 1.165) is 16.5 Å². The van der Waals surface area contributed by atoms with E-state index in [9.17, 15) is 0 Å². The zero-order valence-electron chi connectivity index (χ0n) is 10.9. The fraction of sp³-hybridized carbons (Fsp3) is 0.143. The number of hydrogen-bond donors (Lipinski definition) is 1. The quantitative estimate of drug-likeness (QED) is 0.781. The number of rotatable bonds is 3. The topological polar surface area (TPSA) is 86.8 Å². The van der Waals surface area contributed by atoms with Crippen molar-refractivity contribution in [2.75, 3.05) is 12.3 Å². The third-order valence-corrected chi connectivity index (χ3v) is 2.75. The van der Waals surface area contributed by atoms with Gasteiger partial charge in [0, 0.05) is 17.1 Å². The maximum atomic E-state index is 5.68. The molecule has 6 heteroatoms. The maximum absolute atomic E-state index is 5.68. The van der Waals surface area contributed by atoms with E-state index >= 15 is 0 Å². The third-order valence-electron chi connectivity index (χ3n) is 2.75. The highest BCUT2D eigenvalue weighted by Gasteiger charge is 2.08. The van der Waals surface area contributed by atoms with Crippen LogP contribution in [0.3, 0.4) is 0 Å². The zero-order valence-corrected chi connectivity index (χ0v) is 10.9. The number of benzene rings is 1. The summed E-state index contributed by atoms with van der Waals surface area (Å²) < 4.78 is 5.27. The number of para-hydroxylation sites is 1. The van der Waals surface area contributed by atoms with E-state index in [2.05, 4.69) is 19.9 Å². The zero-order chi connectivity index (χ0) is 13.9. The second kappa shape index (κ2) is 5.08. The number of aromatic nitrogens is 4. The molecule has 2 heterocycles. The molecule has 6 nitrogen and oxygen atoms in total.